The van der Waals surface area contributed by atoms with Crippen LogP contribution in [0.4, 0.5) is 0 Å². The Bertz CT molecular complexity index is 270. The summed E-state index contributed by atoms with van der Waals surface area (Å²) in [5.74, 6) is 0.171. The number of hydrogen-bond acceptors (Lipinski definition) is 2. The summed E-state index contributed by atoms with van der Waals surface area (Å²) >= 11 is 0. The first-order valence-corrected chi connectivity index (χ1v) is 5.36. The van der Waals surface area contributed by atoms with Gasteiger partial charge in [0.1, 0.15) is 0 Å². The second-order valence-corrected chi connectivity index (χ2v) is 4.43. The van der Waals surface area contributed by atoms with Crippen molar-refractivity contribution in [2.45, 2.75) is 37.8 Å². The SMILES string of the molecule is CN(C)C(=O)C1=CCCC2CC[C@H]1N2. The summed E-state index contributed by atoms with van der Waals surface area (Å²) in [7, 11) is 3.64. The van der Waals surface area contributed by atoms with Crippen LogP contribution in [0.1, 0.15) is 25.7 Å². The molecule has 2 bridgehead atoms. The van der Waals surface area contributed by atoms with Crippen molar-refractivity contribution in [2.24, 2.45) is 0 Å². The van der Waals surface area contributed by atoms with Gasteiger partial charge in [-0.25, -0.2) is 0 Å². The van der Waals surface area contributed by atoms with E-state index >= 15 is 0 Å². The lowest BCUT2D eigenvalue weighted by molar-refractivity contribution is -0.125. The molecular weight excluding hydrogens is 176 g/mol. The van der Waals surface area contributed by atoms with Gasteiger partial charge in [-0.2, -0.15) is 0 Å². The number of allylic oxidation sites excluding steroid dienone is 1. The predicted octanol–water partition coefficient (Wildman–Crippen LogP) is 0.915. The van der Waals surface area contributed by atoms with Gasteiger partial charge in [0.25, 0.3) is 5.91 Å². The molecule has 2 aliphatic heterocycles. The maximum atomic E-state index is 11.9. The molecule has 1 unspecified atom stereocenters. The molecule has 3 heteroatoms. The highest BCUT2D eigenvalue weighted by molar-refractivity contribution is 5.94. The fourth-order valence-corrected chi connectivity index (χ4v) is 2.37. The summed E-state index contributed by atoms with van der Waals surface area (Å²) in [6.07, 6.45) is 6.70. The zero-order valence-electron chi connectivity index (χ0n) is 8.92. The largest absolute Gasteiger partial charge is 0.345 e. The first-order chi connectivity index (χ1) is 6.68. The molecule has 0 aliphatic carbocycles. The number of amides is 1. The highest BCUT2D eigenvalue weighted by atomic mass is 16.2. The van der Waals surface area contributed by atoms with E-state index in [9.17, 15) is 4.79 Å². The molecule has 0 aromatic carbocycles. The van der Waals surface area contributed by atoms with Gasteiger partial charge in [0, 0.05) is 31.8 Å². The van der Waals surface area contributed by atoms with Crippen LogP contribution in [0.5, 0.6) is 0 Å². The fraction of sp³-hybridized carbons (Fsp3) is 0.727. The number of nitrogens with zero attached hydrogens (tertiary/aromatic N) is 1. The molecule has 3 nitrogen and oxygen atoms in total. The van der Waals surface area contributed by atoms with Gasteiger partial charge >= 0.3 is 0 Å². The van der Waals surface area contributed by atoms with E-state index in [2.05, 4.69) is 11.4 Å². The van der Waals surface area contributed by atoms with E-state index in [0.29, 0.717) is 12.1 Å². The van der Waals surface area contributed by atoms with Crippen LogP contribution in [0.2, 0.25) is 0 Å². The van der Waals surface area contributed by atoms with Crippen LogP contribution < -0.4 is 5.32 Å². The maximum absolute atomic E-state index is 11.9. The van der Waals surface area contributed by atoms with E-state index in [-0.39, 0.29) is 5.91 Å². The molecule has 1 fully saturated rings. The minimum Gasteiger partial charge on any atom is -0.345 e. The lowest BCUT2D eigenvalue weighted by Crippen LogP contribution is -2.35. The lowest BCUT2D eigenvalue weighted by Gasteiger charge is -2.18. The number of nitrogens with one attached hydrogen (secondary N) is 1. The highest BCUT2D eigenvalue weighted by Gasteiger charge is 2.31. The van der Waals surface area contributed by atoms with Gasteiger partial charge in [-0.1, -0.05) is 6.08 Å². The second-order valence-electron chi connectivity index (χ2n) is 4.43. The summed E-state index contributed by atoms with van der Waals surface area (Å²) in [5.41, 5.74) is 0.981. The van der Waals surface area contributed by atoms with E-state index in [0.717, 1.165) is 18.4 Å². The zero-order valence-corrected chi connectivity index (χ0v) is 8.92. The summed E-state index contributed by atoms with van der Waals surface area (Å²) in [4.78, 5) is 13.5. The van der Waals surface area contributed by atoms with Crippen LogP contribution in [0.25, 0.3) is 0 Å². The Balaban J connectivity index is 2.16. The van der Waals surface area contributed by atoms with Gasteiger partial charge < -0.3 is 10.2 Å². The third-order valence-electron chi connectivity index (χ3n) is 3.15. The number of likely N-dealkylation sites (N-methyl/N-ethyl adjacent to an activating group) is 1. The van der Waals surface area contributed by atoms with Crippen molar-refractivity contribution in [3.63, 3.8) is 0 Å². The molecule has 2 atom stereocenters. The molecule has 0 radical (unpaired) electrons. The Morgan fingerprint density at radius 3 is 2.93 bits per heavy atom. The van der Waals surface area contributed by atoms with Crippen molar-refractivity contribution in [3.8, 4) is 0 Å². The van der Waals surface area contributed by atoms with Gasteiger partial charge in [0.05, 0.1) is 0 Å². The molecule has 0 saturated carbocycles. The van der Waals surface area contributed by atoms with Crippen LogP contribution in [-0.4, -0.2) is 37.0 Å². The van der Waals surface area contributed by atoms with Crippen LogP contribution in [-0.2, 0) is 4.79 Å². The molecular formula is C11H18N2O. The van der Waals surface area contributed by atoms with Gasteiger partial charge in [0.2, 0.25) is 0 Å². The first kappa shape index (κ1) is 9.71. The van der Waals surface area contributed by atoms with Crippen LogP contribution in [0, 0.1) is 0 Å². The van der Waals surface area contributed by atoms with Crippen molar-refractivity contribution in [1.82, 2.24) is 10.2 Å². The van der Waals surface area contributed by atoms with Crippen LogP contribution >= 0.6 is 0 Å². The van der Waals surface area contributed by atoms with Crippen molar-refractivity contribution in [3.05, 3.63) is 11.6 Å². The molecule has 0 aromatic rings. The van der Waals surface area contributed by atoms with Gasteiger partial charge in [-0.15, -0.1) is 0 Å². The van der Waals surface area contributed by atoms with Gasteiger partial charge in [-0.3, -0.25) is 4.79 Å². The highest BCUT2D eigenvalue weighted by Crippen LogP contribution is 2.26. The van der Waals surface area contributed by atoms with E-state index in [1.165, 1.54) is 12.8 Å². The van der Waals surface area contributed by atoms with Gasteiger partial charge in [0.15, 0.2) is 0 Å². The summed E-state index contributed by atoms with van der Waals surface area (Å²) in [5, 5.41) is 3.52. The average molecular weight is 194 g/mol. The molecule has 0 spiro atoms. The minimum absolute atomic E-state index is 0.171. The van der Waals surface area contributed by atoms with E-state index in [4.69, 9.17) is 0 Å². The number of carbonyl (C=O) groups excluding carboxylic acids is 1. The Morgan fingerprint density at radius 1 is 1.43 bits per heavy atom. The molecule has 14 heavy (non-hydrogen) atoms. The van der Waals surface area contributed by atoms with Crippen molar-refractivity contribution in [1.29, 1.82) is 0 Å². The van der Waals surface area contributed by atoms with Crippen LogP contribution in [0.3, 0.4) is 0 Å². The summed E-state index contributed by atoms with van der Waals surface area (Å²) in [6, 6.07) is 0.959. The monoisotopic (exact) mass is 194 g/mol. The molecule has 78 valence electrons. The topological polar surface area (TPSA) is 32.3 Å². The molecule has 1 N–H and O–H groups in total. The van der Waals surface area contributed by atoms with Crippen molar-refractivity contribution < 1.29 is 4.79 Å². The van der Waals surface area contributed by atoms with Crippen molar-refractivity contribution >= 4 is 5.91 Å². The molecule has 2 rings (SSSR count). The summed E-state index contributed by atoms with van der Waals surface area (Å²) in [6.45, 7) is 0. The number of rotatable bonds is 1. The fourth-order valence-electron chi connectivity index (χ4n) is 2.37. The Labute approximate surface area is 85.2 Å². The van der Waals surface area contributed by atoms with Crippen molar-refractivity contribution in [2.75, 3.05) is 14.1 Å². The molecule has 1 amide bonds. The van der Waals surface area contributed by atoms with Gasteiger partial charge in [-0.05, 0) is 25.7 Å². The molecule has 2 aliphatic rings. The normalized spacial score (nSPS) is 30.9. The third-order valence-corrected chi connectivity index (χ3v) is 3.15. The van der Waals surface area contributed by atoms with E-state index < -0.39 is 0 Å². The lowest BCUT2D eigenvalue weighted by atomic mass is 9.99. The minimum atomic E-state index is 0.171. The first-order valence-electron chi connectivity index (χ1n) is 5.36. The molecule has 1 saturated heterocycles. The Hall–Kier alpha value is -0.830. The Morgan fingerprint density at radius 2 is 2.21 bits per heavy atom. The smallest absolute Gasteiger partial charge is 0.250 e. The van der Waals surface area contributed by atoms with E-state index in [1.54, 1.807) is 4.90 Å². The van der Waals surface area contributed by atoms with Crippen LogP contribution in [0.15, 0.2) is 11.6 Å². The Kier molecular flexibility index (Phi) is 2.59. The van der Waals surface area contributed by atoms with E-state index in [1.807, 2.05) is 14.1 Å². The summed E-state index contributed by atoms with van der Waals surface area (Å²) < 4.78 is 0. The number of hydrogen-bond donors (Lipinski definition) is 1. The number of carbonyl (C=O) groups is 1. The zero-order chi connectivity index (χ0) is 10.1. The molecule has 2 heterocycles. The standard InChI is InChI=1S/C11H18N2O/c1-13(2)11(14)9-5-3-4-8-6-7-10(9)12-8/h5,8,10,12H,3-4,6-7H2,1-2H3/t8?,10-/m1/s1. The maximum Gasteiger partial charge on any atom is 0.250 e. The average Bonchev–Trinajstić information content (AvgIpc) is 2.46. The predicted molar refractivity (Wildman–Crippen MR) is 56.0 cm³/mol. The molecule has 0 aromatic heterocycles. The quantitative estimate of drug-likeness (QED) is 0.673. The number of fused-ring (bicyclic) bond motifs is 2. The third kappa shape index (κ3) is 1.69. The second kappa shape index (κ2) is 3.73.